The van der Waals surface area contributed by atoms with Gasteiger partial charge in [-0.3, -0.25) is 16.0 Å². The Kier molecular flexibility index (Phi) is 4.50. The summed E-state index contributed by atoms with van der Waals surface area (Å²) in [5, 5.41) is 4.74. The first-order valence-electron chi connectivity index (χ1n) is 6.34. The van der Waals surface area contributed by atoms with Crippen LogP contribution in [0.1, 0.15) is 31.5 Å². The number of nitrogens with two attached hydrogens (primary N) is 1. The molecule has 1 aromatic heterocycles. The van der Waals surface area contributed by atoms with Gasteiger partial charge >= 0.3 is 0 Å². The maximum Gasteiger partial charge on any atom is 0.150 e. The highest BCUT2D eigenvalue weighted by atomic mass is 35.5. The third-order valence-corrected chi connectivity index (χ3v) is 5.69. The van der Waals surface area contributed by atoms with Gasteiger partial charge in [-0.2, -0.15) is 5.10 Å². The first-order chi connectivity index (χ1) is 8.96. The molecule has 1 aliphatic rings. The number of sulfone groups is 1. The number of rotatable bonds is 5. The normalized spacial score (nSPS) is 23.6. The van der Waals surface area contributed by atoms with Crippen molar-refractivity contribution in [3.63, 3.8) is 0 Å². The minimum atomic E-state index is -2.87. The van der Waals surface area contributed by atoms with E-state index in [-0.39, 0.29) is 23.5 Å². The third-order valence-electron chi connectivity index (χ3n) is 3.56. The molecule has 2 unspecified atom stereocenters. The topological polar surface area (TPSA) is 90.0 Å². The molecule has 1 saturated heterocycles. The van der Waals surface area contributed by atoms with Gasteiger partial charge in [0.05, 0.1) is 34.5 Å². The van der Waals surface area contributed by atoms with Crippen LogP contribution in [-0.2, 0) is 16.4 Å². The van der Waals surface area contributed by atoms with Crippen LogP contribution in [0, 0.1) is 5.92 Å². The summed E-state index contributed by atoms with van der Waals surface area (Å²) in [7, 11) is -2.87. The van der Waals surface area contributed by atoms with Crippen LogP contribution < -0.4 is 11.3 Å². The molecule has 0 spiro atoms. The third kappa shape index (κ3) is 3.28. The summed E-state index contributed by atoms with van der Waals surface area (Å²) < 4.78 is 24.8. The van der Waals surface area contributed by atoms with Crippen molar-refractivity contribution in [3.8, 4) is 0 Å². The molecule has 2 atom stereocenters. The summed E-state index contributed by atoms with van der Waals surface area (Å²) in [6.45, 7) is 2.67. The van der Waals surface area contributed by atoms with E-state index in [4.69, 9.17) is 17.4 Å². The van der Waals surface area contributed by atoms with Gasteiger partial charge in [-0.15, -0.1) is 0 Å². The van der Waals surface area contributed by atoms with Crippen molar-refractivity contribution in [1.82, 2.24) is 15.2 Å². The Morgan fingerprint density at radius 1 is 1.68 bits per heavy atom. The maximum absolute atomic E-state index is 11.5. The molecule has 2 rings (SSSR count). The van der Waals surface area contributed by atoms with Crippen LogP contribution >= 0.6 is 11.6 Å². The molecular formula is C11H19ClN4O2S. The largest absolute Gasteiger partial charge is 0.271 e. The van der Waals surface area contributed by atoms with E-state index in [1.807, 2.05) is 6.92 Å². The highest BCUT2D eigenvalue weighted by molar-refractivity contribution is 7.91. The van der Waals surface area contributed by atoms with Crippen LogP contribution in [0.2, 0.25) is 5.02 Å². The summed E-state index contributed by atoms with van der Waals surface area (Å²) in [5.41, 5.74) is 3.56. The monoisotopic (exact) mass is 306 g/mol. The lowest BCUT2D eigenvalue weighted by Gasteiger charge is -2.20. The van der Waals surface area contributed by atoms with E-state index < -0.39 is 9.84 Å². The predicted molar refractivity (Wildman–Crippen MR) is 74.4 cm³/mol. The molecule has 6 nitrogen and oxygen atoms in total. The molecule has 1 fully saturated rings. The van der Waals surface area contributed by atoms with Gasteiger partial charge in [0.15, 0.2) is 9.84 Å². The summed E-state index contributed by atoms with van der Waals surface area (Å²) >= 11 is 6.14. The van der Waals surface area contributed by atoms with Gasteiger partial charge in [0.25, 0.3) is 0 Å². The van der Waals surface area contributed by atoms with Crippen molar-refractivity contribution in [3.05, 3.63) is 16.9 Å². The van der Waals surface area contributed by atoms with Gasteiger partial charge in [0, 0.05) is 6.54 Å². The average Bonchev–Trinajstić information content (AvgIpc) is 2.89. The van der Waals surface area contributed by atoms with Crippen LogP contribution in [-0.4, -0.2) is 29.7 Å². The lowest BCUT2D eigenvalue weighted by atomic mass is 9.97. The van der Waals surface area contributed by atoms with Gasteiger partial charge in [0.2, 0.25) is 0 Å². The number of aryl methyl sites for hydroxylation is 1. The van der Waals surface area contributed by atoms with Gasteiger partial charge in [-0.1, -0.05) is 11.6 Å². The van der Waals surface area contributed by atoms with Crippen molar-refractivity contribution >= 4 is 21.4 Å². The molecule has 0 aromatic carbocycles. The Bertz CT molecular complexity index is 543. The first-order valence-corrected chi connectivity index (χ1v) is 8.54. The summed E-state index contributed by atoms with van der Waals surface area (Å²) in [4.78, 5) is 0. The maximum atomic E-state index is 11.5. The van der Waals surface area contributed by atoms with Crippen molar-refractivity contribution in [2.75, 3.05) is 11.5 Å². The van der Waals surface area contributed by atoms with Crippen LogP contribution in [0.3, 0.4) is 0 Å². The van der Waals surface area contributed by atoms with E-state index in [1.54, 1.807) is 10.9 Å². The number of aromatic nitrogens is 2. The van der Waals surface area contributed by atoms with Crippen LogP contribution in [0.15, 0.2) is 6.20 Å². The molecule has 19 heavy (non-hydrogen) atoms. The zero-order chi connectivity index (χ0) is 14.0. The van der Waals surface area contributed by atoms with E-state index >= 15 is 0 Å². The Morgan fingerprint density at radius 2 is 2.42 bits per heavy atom. The van der Waals surface area contributed by atoms with Crippen LogP contribution in [0.4, 0.5) is 0 Å². The highest BCUT2D eigenvalue weighted by Crippen LogP contribution is 2.31. The second-order valence-corrected chi connectivity index (χ2v) is 7.55. The molecule has 2 heterocycles. The predicted octanol–water partition coefficient (Wildman–Crippen LogP) is 0.886. The molecule has 0 radical (unpaired) electrons. The number of hydrazine groups is 1. The Morgan fingerprint density at radius 3 is 2.95 bits per heavy atom. The van der Waals surface area contributed by atoms with E-state index in [0.717, 1.165) is 5.69 Å². The second-order valence-electron chi connectivity index (χ2n) is 4.92. The molecule has 0 saturated carbocycles. The van der Waals surface area contributed by atoms with Crippen molar-refractivity contribution in [2.24, 2.45) is 11.8 Å². The molecule has 0 bridgehead atoms. The van der Waals surface area contributed by atoms with Crippen molar-refractivity contribution in [1.29, 1.82) is 0 Å². The molecule has 1 aliphatic heterocycles. The van der Waals surface area contributed by atoms with Crippen molar-refractivity contribution < 1.29 is 8.42 Å². The van der Waals surface area contributed by atoms with Gasteiger partial charge < -0.3 is 0 Å². The molecule has 8 heteroatoms. The Hall–Kier alpha value is -0.630. The van der Waals surface area contributed by atoms with Crippen molar-refractivity contribution in [2.45, 2.75) is 32.4 Å². The molecular weight excluding hydrogens is 288 g/mol. The number of halogens is 1. The molecule has 0 aliphatic carbocycles. The fraction of sp³-hybridized carbons (Fsp3) is 0.727. The summed E-state index contributed by atoms with van der Waals surface area (Å²) in [5.74, 6) is 6.24. The average molecular weight is 307 g/mol. The minimum Gasteiger partial charge on any atom is -0.271 e. The second kappa shape index (κ2) is 5.78. The smallest absolute Gasteiger partial charge is 0.150 e. The molecule has 3 N–H and O–H groups in total. The van der Waals surface area contributed by atoms with Crippen LogP contribution in [0.25, 0.3) is 0 Å². The highest BCUT2D eigenvalue weighted by Gasteiger charge is 2.31. The molecule has 108 valence electrons. The lowest BCUT2D eigenvalue weighted by Crippen LogP contribution is -2.32. The van der Waals surface area contributed by atoms with E-state index in [0.29, 0.717) is 24.4 Å². The standard InChI is InChI=1S/C11H19ClN4O2S/c1-2-16-11(9(12)6-14-16)10(15-13)5-8-3-4-19(17,18)7-8/h6,8,10,15H,2-5,7,13H2,1H3. The zero-order valence-electron chi connectivity index (χ0n) is 10.8. The number of nitrogens with one attached hydrogen (secondary N) is 1. The Balaban J connectivity index is 2.14. The van der Waals surface area contributed by atoms with E-state index in [2.05, 4.69) is 10.5 Å². The zero-order valence-corrected chi connectivity index (χ0v) is 12.4. The van der Waals surface area contributed by atoms with E-state index in [1.165, 1.54) is 0 Å². The fourth-order valence-corrected chi connectivity index (χ4v) is 4.77. The summed E-state index contributed by atoms with van der Waals surface area (Å²) in [6.07, 6.45) is 2.94. The summed E-state index contributed by atoms with van der Waals surface area (Å²) in [6, 6.07) is -0.173. The van der Waals surface area contributed by atoms with Gasteiger partial charge in [-0.05, 0) is 25.7 Å². The minimum absolute atomic E-state index is 0.127. The van der Waals surface area contributed by atoms with Gasteiger partial charge in [0.1, 0.15) is 0 Å². The van der Waals surface area contributed by atoms with Crippen LogP contribution in [0.5, 0.6) is 0 Å². The Labute approximate surface area is 118 Å². The number of hydrogen-bond donors (Lipinski definition) is 2. The number of nitrogens with zero attached hydrogens (tertiary/aromatic N) is 2. The number of hydrogen-bond acceptors (Lipinski definition) is 5. The SMILES string of the molecule is CCn1ncc(Cl)c1C(CC1CCS(=O)(=O)C1)NN. The lowest BCUT2D eigenvalue weighted by molar-refractivity contribution is 0.397. The quantitative estimate of drug-likeness (QED) is 0.623. The molecule has 0 amide bonds. The fourth-order valence-electron chi connectivity index (χ4n) is 2.62. The van der Waals surface area contributed by atoms with E-state index in [9.17, 15) is 8.42 Å². The first kappa shape index (κ1) is 14.8. The van der Waals surface area contributed by atoms with Gasteiger partial charge in [-0.25, -0.2) is 8.42 Å². The molecule has 1 aromatic rings.